The van der Waals surface area contributed by atoms with Crippen molar-refractivity contribution in [3.8, 4) is 28.9 Å². The van der Waals surface area contributed by atoms with Crippen LogP contribution in [0.2, 0.25) is 0 Å². The van der Waals surface area contributed by atoms with Gasteiger partial charge in [0, 0.05) is 25.1 Å². The minimum absolute atomic E-state index is 0.0126. The fourth-order valence-corrected chi connectivity index (χ4v) is 9.04. The number of anilines is 1. The van der Waals surface area contributed by atoms with E-state index in [0.717, 1.165) is 37.6 Å². The number of alkyl halides is 1. The van der Waals surface area contributed by atoms with E-state index >= 15 is 4.39 Å². The van der Waals surface area contributed by atoms with Crippen LogP contribution >= 0.6 is 0 Å². The second-order valence-corrected chi connectivity index (χ2v) is 15.4. The first kappa shape index (κ1) is 31.5. The van der Waals surface area contributed by atoms with Gasteiger partial charge in [-0.25, -0.2) is 18.6 Å². The number of fused-ring (bicyclic) bond motifs is 7. The molecule has 11 nitrogen and oxygen atoms in total. The van der Waals surface area contributed by atoms with Crippen LogP contribution in [0.4, 0.5) is 19.4 Å². The Hall–Kier alpha value is -4.52. The Morgan fingerprint density at radius 1 is 1.12 bits per heavy atom. The van der Waals surface area contributed by atoms with Crippen LogP contribution < -0.4 is 14.4 Å². The molecule has 0 radical (unpaired) electrons. The summed E-state index contributed by atoms with van der Waals surface area (Å²) in [7, 11) is 0. The summed E-state index contributed by atoms with van der Waals surface area (Å²) in [4.78, 5) is 33.9. The van der Waals surface area contributed by atoms with Crippen LogP contribution in [0.15, 0.2) is 36.4 Å². The lowest BCUT2D eigenvalue weighted by atomic mass is 9.95. The summed E-state index contributed by atoms with van der Waals surface area (Å²) in [6.07, 6.45) is 2.35. The van der Waals surface area contributed by atoms with Crippen LogP contribution in [0.3, 0.4) is 0 Å². The second-order valence-electron chi connectivity index (χ2n) is 15.4. The van der Waals surface area contributed by atoms with Gasteiger partial charge in [0.05, 0.1) is 23.7 Å². The third kappa shape index (κ3) is 4.98. The lowest BCUT2D eigenvalue weighted by molar-refractivity contribution is 0.00538. The molecule has 13 heteroatoms. The monoisotopic (exact) mass is 686 g/mol. The van der Waals surface area contributed by atoms with Gasteiger partial charge < -0.3 is 24.2 Å². The molecule has 0 spiro atoms. The number of halogens is 2. The van der Waals surface area contributed by atoms with E-state index in [9.17, 15) is 14.3 Å². The van der Waals surface area contributed by atoms with Gasteiger partial charge in [0.2, 0.25) is 5.88 Å². The van der Waals surface area contributed by atoms with Crippen molar-refractivity contribution >= 4 is 33.6 Å². The fraction of sp³-hybridized carbons (Fsp3) is 0.514. The molecular formula is C37H40F2N6O5. The van der Waals surface area contributed by atoms with Crippen molar-refractivity contribution in [1.82, 2.24) is 24.8 Å². The number of piperazine rings is 1. The van der Waals surface area contributed by atoms with Crippen molar-refractivity contribution in [2.75, 3.05) is 37.7 Å². The van der Waals surface area contributed by atoms with Crippen molar-refractivity contribution in [1.29, 1.82) is 0 Å². The molecule has 1 N–H and O–H groups in total. The predicted octanol–water partition coefficient (Wildman–Crippen LogP) is 5.99. The Morgan fingerprint density at radius 3 is 2.80 bits per heavy atom. The topological polar surface area (TPSA) is 113 Å². The smallest absolute Gasteiger partial charge is 0.410 e. The van der Waals surface area contributed by atoms with Gasteiger partial charge in [-0.1, -0.05) is 24.3 Å². The fourth-order valence-electron chi connectivity index (χ4n) is 9.04. The first-order valence-corrected chi connectivity index (χ1v) is 17.5. The van der Waals surface area contributed by atoms with E-state index in [0.29, 0.717) is 41.7 Å². The van der Waals surface area contributed by atoms with Crippen LogP contribution in [-0.2, 0) is 4.74 Å². The molecule has 7 heterocycles. The highest BCUT2D eigenvalue weighted by atomic mass is 19.1. The van der Waals surface area contributed by atoms with Gasteiger partial charge in [-0.15, -0.1) is 0 Å². The van der Waals surface area contributed by atoms with E-state index in [2.05, 4.69) is 14.8 Å². The van der Waals surface area contributed by atoms with E-state index in [1.807, 2.05) is 49.9 Å². The number of amides is 1. The SMILES string of the molecule is CC(C)(C)OC(=O)N1[C@H]2CC[C@@H]1[C@H]1COc3nc(-c4cc(O)cc5ccccc45)c(F)c4nc(OCC56CCCN5C[C@H](F)C6)nc(c34)N1C2. The van der Waals surface area contributed by atoms with E-state index in [1.165, 1.54) is 6.07 Å². The number of pyridine rings is 1. The maximum atomic E-state index is 17.1. The van der Waals surface area contributed by atoms with Gasteiger partial charge in [-0.2, -0.15) is 9.97 Å². The number of hydrogen-bond acceptors (Lipinski definition) is 10. The average Bonchev–Trinajstić information content (AvgIpc) is 3.67. The molecule has 4 saturated heterocycles. The highest BCUT2D eigenvalue weighted by Crippen LogP contribution is 2.47. The molecule has 4 aromatic rings. The molecule has 1 amide bonds. The van der Waals surface area contributed by atoms with Crippen LogP contribution in [0.25, 0.3) is 32.9 Å². The van der Waals surface area contributed by atoms with Gasteiger partial charge in [-0.05, 0) is 75.9 Å². The molecule has 0 aliphatic carbocycles. The summed E-state index contributed by atoms with van der Waals surface area (Å²) in [6.45, 7) is 7.51. The molecule has 5 atom stereocenters. The minimum atomic E-state index is -0.929. The van der Waals surface area contributed by atoms with Gasteiger partial charge in [-0.3, -0.25) is 9.80 Å². The van der Waals surface area contributed by atoms with E-state index in [-0.39, 0.29) is 66.3 Å². The van der Waals surface area contributed by atoms with Crippen molar-refractivity contribution in [3.63, 3.8) is 0 Å². The number of ether oxygens (including phenoxy) is 3. The molecule has 2 aromatic carbocycles. The Labute approximate surface area is 288 Å². The zero-order valence-electron chi connectivity index (χ0n) is 28.4. The molecule has 9 rings (SSSR count). The van der Waals surface area contributed by atoms with E-state index < -0.39 is 23.1 Å². The maximum Gasteiger partial charge on any atom is 0.410 e. The molecule has 0 saturated carbocycles. The summed E-state index contributed by atoms with van der Waals surface area (Å²) >= 11 is 0. The molecule has 1 unspecified atom stereocenters. The van der Waals surface area contributed by atoms with Crippen LogP contribution in [0.1, 0.15) is 52.9 Å². The summed E-state index contributed by atoms with van der Waals surface area (Å²) < 4.78 is 50.3. The molecule has 4 fully saturated rings. The Bertz CT molecular complexity index is 2040. The first-order chi connectivity index (χ1) is 24.0. The number of nitrogens with zero attached hydrogens (tertiary/aromatic N) is 6. The highest BCUT2D eigenvalue weighted by Gasteiger charge is 2.52. The number of phenols is 1. The third-order valence-corrected chi connectivity index (χ3v) is 11.1. The van der Waals surface area contributed by atoms with Crippen molar-refractivity contribution in [2.24, 2.45) is 0 Å². The normalized spacial score (nSPS) is 27.3. The van der Waals surface area contributed by atoms with E-state index in [4.69, 9.17) is 24.2 Å². The third-order valence-electron chi connectivity index (χ3n) is 11.1. The predicted molar refractivity (Wildman–Crippen MR) is 182 cm³/mol. The summed E-state index contributed by atoms with van der Waals surface area (Å²) in [5.41, 5.74) is -0.763. The number of aromatic nitrogens is 3. The van der Waals surface area contributed by atoms with Crippen LogP contribution in [-0.4, -0.2) is 104 Å². The molecule has 262 valence electrons. The van der Waals surface area contributed by atoms with Gasteiger partial charge in [0.1, 0.15) is 53.2 Å². The molecule has 2 bridgehead atoms. The van der Waals surface area contributed by atoms with E-state index in [1.54, 1.807) is 6.07 Å². The number of carbonyl (C=O) groups excluding carboxylic acids is 1. The molecule has 5 aliphatic rings. The Balaban J connectivity index is 1.18. The van der Waals surface area contributed by atoms with Crippen LogP contribution in [0, 0.1) is 5.82 Å². The zero-order valence-corrected chi connectivity index (χ0v) is 28.4. The maximum absolute atomic E-state index is 17.1. The first-order valence-electron chi connectivity index (χ1n) is 17.5. The zero-order chi connectivity index (χ0) is 34.5. The number of benzene rings is 2. The van der Waals surface area contributed by atoms with Gasteiger partial charge >= 0.3 is 12.1 Å². The highest BCUT2D eigenvalue weighted by molar-refractivity contribution is 6.02. The number of phenolic OH excluding ortho intramolecular Hbond substituents is 1. The lowest BCUT2D eigenvalue weighted by Crippen LogP contribution is -2.63. The number of aromatic hydroxyl groups is 1. The second kappa shape index (κ2) is 11.2. The number of rotatable bonds is 4. The summed E-state index contributed by atoms with van der Waals surface area (Å²) in [6, 6.07) is 9.77. The number of carbonyl (C=O) groups is 1. The largest absolute Gasteiger partial charge is 0.508 e. The minimum Gasteiger partial charge on any atom is -0.508 e. The molecule has 50 heavy (non-hydrogen) atoms. The quantitative estimate of drug-likeness (QED) is 0.275. The average molecular weight is 687 g/mol. The van der Waals surface area contributed by atoms with Crippen LogP contribution in [0.5, 0.6) is 17.6 Å². The van der Waals surface area contributed by atoms with Crippen molar-refractivity contribution in [3.05, 3.63) is 42.2 Å². The lowest BCUT2D eigenvalue weighted by Gasteiger charge is -2.46. The molecule has 5 aliphatic heterocycles. The van der Waals surface area contributed by atoms with Gasteiger partial charge in [0.25, 0.3) is 0 Å². The summed E-state index contributed by atoms with van der Waals surface area (Å²) in [5, 5.41) is 12.4. The standard InChI is InChI=1S/C37H40F2N6O5/c1-36(2,3)50-35(47)45-22-9-10-26(45)27-18-48-33-28-31(29(39)30(40-33)25-14-23(46)13-20-7-4-5-8-24(20)25)41-34(42-32(28)44(27)17-22)49-19-37-11-6-12-43(37)16-21(38)15-37/h4-5,7-8,13-14,21-22,26-27,46H,6,9-12,15-19H2,1-3H3/t21-,22+,26-,27-,37?/m1/s1. The van der Waals surface area contributed by atoms with Crippen molar-refractivity contribution < 1.29 is 32.9 Å². The van der Waals surface area contributed by atoms with Gasteiger partial charge in [0.15, 0.2) is 5.82 Å². The Morgan fingerprint density at radius 2 is 1.96 bits per heavy atom. The number of hydrogen-bond donors (Lipinski definition) is 1. The Kier molecular flexibility index (Phi) is 7.07. The summed E-state index contributed by atoms with van der Waals surface area (Å²) in [5.74, 6) is -0.137. The molecular weight excluding hydrogens is 646 g/mol. The molecule has 2 aromatic heterocycles. The van der Waals surface area contributed by atoms with Crippen molar-refractivity contribution in [2.45, 2.75) is 88.3 Å².